The molecule has 0 saturated heterocycles. The van der Waals surface area contributed by atoms with Crippen LogP contribution in [-0.2, 0) is 4.79 Å². The zero-order valence-corrected chi connectivity index (χ0v) is 10.1. The van der Waals surface area contributed by atoms with Crippen LogP contribution in [0.25, 0.3) is 0 Å². The van der Waals surface area contributed by atoms with Crippen molar-refractivity contribution in [2.45, 2.75) is 31.7 Å². The first-order chi connectivity index (χ1) is 8.25. The normalized spacial score (nSPS) is 23.7. The quantitative estimate of drug-likeness (QED) is 0.835. The van der Waals surface area contributed by atoms with Crippen molar-refractivity contribution in [3.05, 3.63) is 29.8 Å². The van der Waals surface area contributed by atoms with Gasteiger partial charge in [-0.3, -0.25) is 4.79 Å². The van der Waals surface area contributed by atoms with Gasteiger partial charge >= 0.3 is 0 Å². The van der Waals surface area contributed by atoms with Gasteiger partial charge in [-0.1, -0.05) is 18.2 Å². The van der Waals surface area contributed by atoms with Crippen LogP contribution in [0.5, 0.6) is 0 Å². The minimum atomic E-state index is -0.0209. The van der Waals surface area contributed by atoms with Gasteiger partial charge in [0.25, 0.3) is 0 Å². The van der Waals surface area contributed by atoms with Crippen molar-refractivity contribution in [3.63, 3.8) is 0 Å². The fourth-order valence-electron chi connectivity index (χ4n) is 2.56. The summed E-state index contributed by atoms with van der Waals surface area (Å²) in [6.45, 7) is 2.84. The van der Waals surface area contributed by atoms with Gasteiger partial charge in [-0.25, -0.2) is 0 Å². The number of hydrogen-bond acceptors (Lipinski definition) is 2. The highest BCUT2D eigenvalue weighted by molar-refractivity contribution is 5.88. The van der Waals surface area contributed by atoms with E-state index >= 15 is 0 Å². The highest BCUT2D eigenvalue weighted by Gasteiger charge is 2.33. The van der Waals surface area contributed by atoms with Gasteiger partial charge in [-0.2, -0.15) is 0 Å². The molecular formula is C14H18N2O. The van der Waals surface area contributed by atoms with Crippen molar-refractivity contribution in [2.75, 3.05) is 11.9 Å². The Bertz CT molecular complexity index is 440. The van der Waals surface area contributed by atoms with E-state index in [1.54, 1.807) is 0 Å². The van der Waals surface area contributed by atoms with Gasteiger partial charge in [0.1, 0.15) is 0 Å². The van der Waals surface area contributed by atoms with Crippen molar-refractivity contribution in [1.29, 1.82) is 0 Å². The van der Waals surface area contributed by atoms with E-state index in [1.165, 1.54) is 12.8 Å². The average Bonchev–Trinajstić information content (AvgIpc) is 3.09. The summed E-state index contributed by atoms with van der Waals surface area (Å²) in [6, 6.07) is 8.40. The summed E-state index contributed by atoms with van der Waals surface area (Å²) in [5.74, 6) is 0.859. The van der Waals surface area contributed by atoms with Crippen molar-refractivity contribution >= 4 is 11.6 Å². The predicted molar refractivity (Wildman–Crippen MR) is 68.0 cm³/mol. The minimum absolute atomic E-state index is 0.0209. The number of para-hydroxylation sites is 1. The standard InChI is InChI=1S/C14H18N2O/c1-9(10-6-7-10)16-14(17)12-8-15-13-5-3-2-4-11(12)13/h2-5,9-10,12,15H,6-8H2,1H3,(H,16,17). The molecule has 1 aliphatic carbocycles. The monoisotopic (exact) mass is 230 g/mol. The Kier molecular flexibility index (Phi) is 2.54. The summed E-state index contributed by atoms with van der Waals surface area (Å²) >= 11 is 0. The summed E-state index contributed by atoms with van der Waals surface area (Å²) in [5.41, 5.74) is 2.24. The third kappa shape index (κ3) is 2.02. The van der Waals surface area contributed by atoms with Crippen LogP contribution in [0.15, 0.2) is 24.3 Å². The number of rotatable bonds is 3. The van der Waals surface area contributed by atoms with Crippen LogP contribution in [0, 0.1) is 5.92 Å². The molecule has 2 N–H and O–H groups in total. The molecule has 0 bridgehead atoms. The maximum Gasteiger partial charge on any atom is 0.229 e. The van der Waals surface area contributed by atoms with Gasteiger partial charge in [0.15, 0.2) is 0 Å². The van der Waals surface area contributed by atoms with E-state index in [2.05, 4.69) is 17.6 Å². The van der Waals surface area contributed by atoms with E-state index in [-0.39, 0.29) is 11.8 Å². The Morgan fingerprint density at radius 1 is 1.41 bits per heavy atom. The molecule has 3 rings (SSSR count). The molecule has 3 nitrogen and oxygen atoms in total. The summed E-state index contributed by atoms with van der Waals surface area (Å²) in [5, 5.41) is 6.43. The van der Waals surface area contributed by atoms with Crippen molar-refractivity contribution in [3.8, 4) is 0 Å². The molecule has 90 valence electrons. The molecular weight excluding hydrogens is 212 g/mol. The van der Waals surface area contributed by atoms with Gasteiger partial charge in [0.2, 0.25) is 5.91 Å². The number of carbonyl (C=O) groups excluding carboxylic acids is 1. The smallest absolute Gasteiger partial charge is 0.229 e. The Morgan fingerprint density at radius 3 is 2.94 bits per heavy atom. The maximum atomic E-state index is 12.2. The van der Waals surface area contributed by atoms with Crippen molar-refractivity contribution in [2.24, 2.45) is 5.92 Å². The zero-order chi connectivity index (χ0) is 11.8. The maximum absolute atomic E-state index is 12.2. The van der Waals surface area contributed by atoms with Crippen LogP contribution in [-0.4, -0.2) is 18.5 Å². The first-order valence-electron chi connectivity index (χ1n) is 6.39. The molecule has 1 heterocycles. The molecule has 0 radical (unpaired) electrons. The molecule has 2 aliphatic rings. The van der Waals surface area contributed by atoms with Crippen LogP contribution < -0.4 is 10.6 Å². The molecule has 3 heteroatoms. The Hall–Kier alpha value is -1.51. The molecule has 1 fully saturated rings. The number of amides is 1. The third-order valence-corrected chi connectivity index (χ3v) is 3.85. The van der Waals surface area contributed by atoms with Crippen LogP contribution in [0.2, 0.25) is 0 Å². The van der Waals surface area contributed by atoms with Crippen LogP contribution in [0.3, 0.4) is 0 Å². The Morgan fingerprint density at radius 2 is 2.18 bits per heavy atom. The number of hydrogen-bond donors (Lipinski definition) is 2. The Labute approximate surface area is 102 Å². The van der Waals surface area contributed by atoms with Gasteiger partial charge < -0.3 is 10.6 Å². The lowest BCUT2D eigenvalue weighted by Gasteiger charge is -2.16. The molecule has 17 heavy (non-hydrogen) atoms. The van der Waals surface area contributed by atoms with Gasteiger partial charge in [0.05, 0.1) is 5.92 Å². The van der Waals surface area contributed by atoms with Crippen LogP contribution in [0.1, 0.15) is 31.2 Å². The lowest BCUT2D eigenvalue weighted by molar-refractivity contribution is -0.122. The van der Waals surface area contributed by atoms with Crippen molar-refractivity contribution < 1.29 is 4.79 Å². The van der Waals surface area contributed by atoms with Crippen molar-refractivity contribution in [1.82, 2.24) is 5.32 Å². The van der Waals surface area contributed by atoms with Gasteiger partial charge in [-0.05, 0) is 37.3 Å². The second-order valence-corrected chi connectivity index (χ2v) is 5.16. The van der Waals surface area contributed by atoms with E-state index in [9.17, 15) is 4.79 Å². The van der Waals surface area contributed by atoms with E-state index in [0.717, 1.165) is 17.8 Å². The summed E-state index contributed by atoms with van der Waals surface area (Å²) in [7, 11) is 0. The molecule has 2 atom stereocenters. The molecule has 1 saturated carbocycles. The molecule has 1 aromatic rings. The van der Waals surface area contributed by atoms with Gasteiger partial charge in [-0.15, -0.1) is 0 Å². The third-order valence-electron chi connectivity index (χ3n) is 3.85. The minimum Gasteiger partial charge on any atom is -0.384 e. The zero-order valence-electron chi connectivity index (χ0n) is 10.1. The summed E-state index contributed by atoms with van der Waals surface area (Å²) in [6.07, 6.45) is 2.53. The highest BCUT2D eigenvalue weighted by Crippen LogP contribution is 2.34. The molecule has 0 spiro atoms. The summed E-state index contributed by atoms with van der Waals surface area (Å²) < 4.78 is 0. The number of nitrogens with one attached hydrogen (secondary N) is 2. The predicted octanol–water partition coefficient (Wildman–Crippen LogP) is 2.11. The fraction of sp³-hybridized carbons (Fsp3) is 0.500. The van der Waals surface area contributed by atoms with E-state index < -0.39 is 0 Å². The number of benzene rings is 1. The molecule has 1 amide bonds. The lowest BCUT2D eigenvalue weighted by Crippen LogP contribution is -2.38. The molecule has 1 aromatic carbocycles. The second kappa shape index (κ2) is 4.06. The number of fused-ring (bicyclic) bond motifs is 1. The topological polar surface area (TPSA) is 41.1 Å². The first-order valence-corrected chi connectivity index (χ1v) is 6.39. The van der Waals surface area contributed by atoms with Gasteiger partial charge in [0, 0.05) is 18.3 Å². The number of anilines is 1. The number of carbonyl (C=O) groups is 1. The average molecular weight is 230 g/mol. The van der Waals surface area contributed by atoms with Crippen LogP contribution >= 0.6 is 0 Å². The fourth-order valence-corrected chi connectivity index (χ4v) is 2.56. The highest BCUT2D eigenvalue weighted by atomic mass is 16.2. The largest absolute Gasteiger partial charge is 0.384 e. The second-order valence-electron chi connectivity index (χ2n) is 5.16. The van der Waals surface area contributed by atoms with E-state index in [0.29, 0.717) is 12.0 Å². The lowest BCUT2D eigenvalue weighted by atomic mass is 10.00. The van der Waals surface area contributed by atoms with E-state index in [1.807, 2.05) is 24.3 Å². The molecule has 0 aromatic heterocycles. The SMILES string of the molecule is CC(NC(=O)C1CNc2ccccc21)C1CC1. The molecule has 1 aliphatic heterocycles. The summed E-state index contributed by atoms with van der Waals surface area (Å²) in [4.78, 5) is 12.2. The van der Waals surface area contributed by atoms with Crippen LogP contribution in [0.4, 0.5) is 5.69 Å². The Balaban J connectivity index is 1.71. The molecule has 2 unspecified atom stereocenters. The first kappa shape index (κ1) is 10.6. The van der Waals surface area contributed by atoms with E-state index in [4.69, 9.17) is 0 Å².